The molecule has 0 amide bonds. The number of nitrogens with two attached hydrogens (primary N) is 2. The third kappa shape index (κ3) is 1.61. The number of nitrogens with zero attached hydrogens (tertiary/aromatic N) is 3. The van der Waals surface area contributed by atoms with Crippen molar-refractivity contribution in [1.82, 2.24) is 9.97 Å². The summed E-state index contributed by atoms with van der Waals surface area (Å²) in [5.74, 6) is 0.853. The van der Waals surface area contributed by atoms with Gasteiger partial charge in [0.15, 0.2) is 0 Å². The van der Waals surface area contributed by atoms with E-state index in [1.54, 1.807) is 18.6 Å². The first-order valence-corrected chi connectivity index (χ1v) is 4.29. The summed E-state index contributed by atoms with van der Waals surface area (Å²) in [4.78, 5) is 10.2. The van der Waals surface area contributed by atoms with E-state index in [-0.39, 0.29) is 12.1 Å². The minimum Gasteiger partial charge on any atom is -0.352 e. The molecule has 1 aliphatic rings. The molecule has 1 fully saturated rings. The van der Waals surface area contributed by atoms with E-state index in [0.29, 0.717) is 0 Å². The van der Waals surface area contributed by atoms with Crippen LogP contribution in [0, 0.1) is 0 Å². The van der Waals surface area contributed by atoms with Gasteiger partial charge in [0.2, 0.25) is 0 Å². The number of anilines is 1. The van der Waals surface area contributed by atoms with Crippen LogP contribution >= 0.6 is 0 Å². The SMILES string of the molecule is NC1CN(c2cnccn2)CC1N. The number of hydrogen-bond donors (Lipinski definition) is 2. The first kappa shape index (κ1) is 8.40. The van der Waals surface area contributed by atoms with Gasteiger partial charge in [-0.2, -0.15) is 0 Å². The zero-order valence-corrected chi connectivity index (χ0v) is 7.30. The summed E-state index contributed by atoms with van der Waals surface area (Å²) in [6.07, 6.45) is 5.05. The minimum atomic E-state index is 0.0435. The van der Waals surface area contributed by atoms with Crippen LogP contribution in [0.3, 0.4) is 0 Å². The first-order valence-electron chi connectivity index (χ1n) is 4.29. The van der Waals surface area contributed by atoms with Crippen molar-refractivity contribution >= 4 is 5.82 Å². The molecular formula is C8H13N5. The van der Waals surface area contributed by atoms with E-state index in [9.17, 15) is 0 Å². The van der Waals surface area contributed by atoms with Crippen molar-refractivity contribution < 1.29 is 0 Å². The Morgan fingerprint density at radius 1 is 1.23 bits per heavy atom. The van der Waals surface area contributed by atoms with Gasteiger partial charge in [0.1, 0.15) is 5.82 Å². The quantitative estimate of drug-likeness (QED) is 0.575. The van der Waals surface area contributed by atoms with Crippen LogP contribution in [0.1, 0.15) is 0 Å². The van der Waals surface area contributed by atoms with Gasteiger partial charge >= 0.3 is 0 Å². The van der Waals surface area contributed by atoms with Gasteiger partial charge in [0.05, 0.1) is 6.20 Å². The van der Waals surface area contributed by atoms with Gasteiger partial charge in [0.25, 0.3) is 0 Å². The van der Waals surface area contributed by atoms with E-state index < -0.39 is 0 Å². The second-order valence-electron chi connectivity index (χ2n) is 3.30. The van der Waals surface area contributed by atoms with E-state index >= 15 is 0 Å². The molecule has 0 spiro atoms. The third-order valence-electron chi connectivity index (χ3n) is 2.29. The highest BCUT2D eigenvalue weighted by molar-refractivity contribution is 5.38. The zero-order chi connectivity index (χ0) is 9.26. The second kappa shape index (κ2) is 3.27. The Balaban J connectivity index is 2.12. The second-order valence-corrected chi connectivity index (χ2v) is 3.30. The smallest absolute Gasteiger partial charge is 0.147 e. The summed E-state index contributed by atoms with van der Waals surface area (Å²) < 4.78 is 0. The molecule has 2 rings (SSSR count). The van der Waals surface area contributed by atoms with Gasteiger partial charge < -0.3 is 16.4 Å². The molecule has 0 saturated carbocycles. The molecule has 0 aromatic carbocycles. The van der Waals surface area contributed by atoms with Gasteiger partial charge in [0, 0.05) is 37.6 Å². The molecule has 1 aromatic heterocycles. The highest BCUT2D eigenvalue weighted by Gasteiger charge is 2.27. The van der Waals surface area contributed by atoms with Crippen LogP contribution < -0.4 is 16.4 Å². The topological polar surface area (TPSA) is 81.1 Å². The fraction of sp³-hybridized carbons (Fsp3) is 0.500. The number of rotatable bonds is 1. The summed E-state index contributed by atoms with van der Waals surface area (Å²) in [5, 5.41) is 0. The molecule has 1 aliphatic heterocycles. The molecule has 0 aliphatic carbocycles. The van der Waals surface area contributed by atoms with E-state index in [1.165, 1.54) is 0 Å². The Labute approximate surface area is 76.8 Å². The van der Waals surface area contributed by atoms with Gasteiger partial charge in [-0.05, 0) is 0 Å². The Bertz CT molecular complexity index is 265. The molecule has 5 nitrogen and oxygen atoms in total. The van der Waals surface area contributed by atoms with Crippen molar-refractivity contribution in [2.75, 3.05) is 18.0 Å². The summed E-state index contributed by atoms with van der Waals surface area (Å²) >= 11 is 0. The highest BCUT2D eigenvalue weighted by atomic mass is 15.2. The lowest BCUT2D eigenvalue weighted by molar-refractivity contribution is 0.642. The average molecular weight is 179 g/mol. The van der Waals surface area contributed by atoms with E-state index in [0.717, 1.165) is 18.9 Å². The Kier molecular flexibility index (Phi) is 2.12. The summed E-state index contributed by atoms with van der Waals surface area (Å²) in [7, 11) is 0. The lowest BCUT2D eigenvalue weighted by atomic mass is 10.2. The molecule has 5 heteroatoms. The van der Waals surface area contributed by atoms with Crippen molar-refractivity contribution in [3.63, 3.8) is 0 Å². The van der Waals surface area contributed by atoms with Crippen molar-refractivity contribution in [3.05, 3.63) is 18.6 Å². The molecule has 0 bridgehead atoms. The fourth-order valence-electron chi connectivity index (χ4n) is 1.50. The minimum absolute atomic E-state index is 0.0435. The van der Waals surface area contributed by atoms with Crippen LogP contribution in [0.2, 0.25) is 0 Å². The van der Waals surface area contributed by atoms with Crippen LogP contribution in [0.25, 0.3) is 0 Å². The number of hydrogen-bond acceptors (Lipinski definition) is 5. The summed E-state index contributed by atoms with van der Waals surface area (Å²) in [6, 6.07) is 0.0870. The molecule has 1 saturated heterocycles. The van der Waals surface area contributed by atoms with Crippen LogP contribution in [-0.2, 0) is 0 Å². The molecule has 2 atom stereocenters. The molecule has 4 N–H and O–H groups in total. The first-order chi connectivity index (χ1) is 6.27. The Morgan fingerprint density at radius 3 is 2.46 bits per heavy atom. The monoisotopic (exact) mass is 179 g/mol. The summed E-state index contributed by atoms with van der Waals surface area (Å²) in [6.45, 7) is 1.53. The molecule has 1 aromatic rings. The maximum atomic E-state index is 5.79. The van der Waals surface area contributed by atoms with E-state index in [2.05, 4.69) is 14.9 Å². The molecule has 13 heavy (non-hydrogen) atoms. The van der Waals surface area contributed by atoms with Gasteiger partial charge in [-0.25, -0.2) is 4.98 Å². The Morgan fingerprint density at radius 2 is 1.92 bits per heavy atom. The highest BCUT2D eigenvalue weighted by Crippen LogP contribution is 2.14. The van der Waals surface area contributed by atoms with Crippen molar-refractivity contribution in [2.45, 2.75) is 12.1 Å². The van der Waals surface area contributed by atoms with Crippen molar-refractivity contribution in [1.29, 1.82) is 0 Å². The van der Waals surface area contributed by atoms with Crippen LogP contribution in [-0.4, -0.2) is 35.1 Å². The average Bonchev–Trinajstić information content (AvgIpc) is 2.49. The Hall–Kier alpha value is -1.20. The van der Waals surface area contributed by atoms with Crippen LogP contribution in [0.4, 0.5) is 5.82 Å². The number of aromatic nitrogens is 2. The predicted octanol–water partition coefficient (Wildman–Crippen LogP) is -1.05. The van der Waals surface area contributed by atoms with Crippen LogP contribution in [0.15, 0.2) is 18.6 Å². The molecule has 0 radical (unpaired) electrons. The zero-order valence-electron chi connectivity index (χ0n) is 7.30. The van der Waals surface area contributed by atoms with Crippen LogP contribution in [0.5, 0.6) is 0 Å². The normalized spacial score (nSPS) is 28.0. The largest absolute Gasteiger partial charge is 0.352 e. The van der Waals surface area contributed by atoms with Crippen molar-refractivity contribution in [3.8, 4) is 0 Å². The third-order valence-corrected chi connectivity index (χ3v) is 2.29. The molecular weight excluding hydrogens is 166 g/mol. The van der Waals surface area contributed by atoms with E-state index in [1.807, 2.05) is 0 Å². The lowest BCUT2D eigenvalue weighted by Crippen LogP contribution is -2.39. The van der Waals surface area contributed by atoms with Gasteiger partial charge in [-0.1, -0.05) is 0 Å². The maximum Gasteiger partial charge on any atom is 0.147 e. The molecule has 70 valence electrons. The summed E-state index contributed by atoms with van der Waals surface area (Å²) in [5.41, 5.74) is 11.6. The van der Waals surface area contributed by atoms with Gasteiger partial charge in [-0.15, -0.1) is 0 Å². The fourth-order valence-corrected chi connectivity index (χ4v) is 1.50. The van der Waals surface area contributed by atoms with E-state index in [4.69, 9.17) is 11.5 Å². The lowest BCUT2D eigenvalue weighted by Gasteiger charge is -2.15. The standard InChI is InChI=1S/C8H13N5/c9-6-4-13(5-7(6)10)8-3-11-1-2-12-8/h1-3,6-7H,4-5,9-10H2. The van der Waals surface area contributed by atoms with Crippen molar-refractivity contribution in [2.24, 2.45) is 11.5 Å². The maximum absolute atomic E-state index is 5.79. The predicted molar refractivity (Wildman–Crippen MR) is 50.2 cm³/mol. The molecule has 2 heterocycles. The van der Waals surface area contributed by atoms with Gasteiger partial charge in [-0.3, -0.25) is 4.98 Å². The molecule has 2 unspecified atom stereocenters.